The van der Waals surface area contributed by atoms with Crippen LogP contribution < -0.4 is 11.3 Å². The SMILES string of the molecule is CC.CC.COC.COP(=O)(O)OC[C@@H]1CC[C@H](n2cnc3c(=O)[nH]c(N)nc32)O1. The van der Waals surface area contributed by atoms with Gasteiger partial charge < -0.3 is 20.1 Å². The predicted molar refractivity (Wildman–Crippen MR) is 114 cm³/mol. The van der Waals surface area contributed by atoms with E-state index in [-0.39, 0.29) is 24.2 Å². The van der Waals surface area contributed by atoms with Crippen LogP contribution in [0, 0.1) is 0 Å². The maximum atomic E-state index is 11.8. The van der Waals surface area contributed by atoms with Crippen molar-refractivity contribution in [3.8, 4) is 0 Å². The summed E-state index contributed by atoms with van der Waals surface area (Å²) in [5.41, 5.74) is 5.61. The molecule has 13 heteroatoms. The summed E-state index contributed by atoms with van der Waals surface area (Å²) in [6.07, 6.45) is 1.87. The maximum Gasteiger partial charge on any atom is 0.472 e. The minimum absolute atomic E-state index is 0.0107. The van der Waals surface area contributed by atoms with Gasteiger partial charge in [-0.1, -0.05) is 27.7 Å². The van der Waals surface area contributed by atoms with Gasteiger partial charge in [0.2, 0.25) is 5.95 Å². The standard InChI is InChI=1S/C11H16N5O6P.C2H6O.2C2H6/c1-20-23(18,19)21-4-6-2-3-7(22-6)16-5-13-8-9(16)14-11(12)15-10(8)17;1-3-2;2*1-2/h5-7H,2-4H2,1H3,(H,18,19)(H3,12,14,15,17);1-2H3;2*1-2H3/t6-,7+;;;/m0.../s1. The number of hydrogen-bond donors (Lipinski definition) is 3. The van der Waals surface area contributed by atoms with E-state index in [0.717, 1.165) is 7.11 Å². The number of anilines is 1. The van der Waals surface area contributed by atoms with Crippen LogP contribution in [0.15, 0.2) is 11.1 Å². The molecular formula is C17H34N5O7P. The fraction of sp³-hybridized carbons (Fsp3) is 0.706. The van der Waals surface area contributed by atoms with E-state index in [1.54, 1.807) is 18.8 Å². The first-order valence-electron chi connectivity index (χ1n) is 9.62. The largest absolute Gasteiger partial charge is 0.472 e. The Bertz CT molecular complexity index is 842. The van der Waals surface area contributed by atoms with Crippen LogP contribution in [0.5, 0.6) is 0 Å². The Morgan fingerprint density at radius 2 is 1.90 bits per heavy atom. The minimum Gasteiger partial charge on any atom is -0.388 e. The Kier molecular flexibility index (Phi) is 13.4. The van der Waals surface area contributed by atoms with E-state index in [9.17, 15) is 14.3 Å². The first-order valence-corrected chi connectivity index (χ1v) is 11.1. The van der Waals surface area contributed by atoms with Gasteiger partial charge in [0.1, 0.15) is 6.23 Å². The first kappa shape index (κ1) is 28.2. The highest BCUT2D eigenvalue weighted by atomic mass is 31.2. The second-order valence-corrected chi connectivity index (χ2v) is 6.98. The molecule has 12 nitrogen and oxygen atoms in total. The van der Waals surface area contributed by atoms with E-state index < -0.39 is 19.6 Å². The molecule has 1 unspecified atom stereocenters. The zero-order valence-corrected chi connectivity index (χ0v) is 19.5. The summed E-state index contributed by atoms with van der Waals surface area (Å²) in [7, 11) is 0.306. The summed E-state index contributed by atoms with van der Waals surface area (Å²) in [6.45, 7) is 7.92. The molecule has 3 rings (SSSR count). The molecule has 3 heterocycles. The minimum atomic E-state index is -4.03. The van der Waals surface area contributed by atoms with E-state index in [0.29, 0.717) is 18.5 Å². The first-order chi connectivity index (χ1) is 14.3. The van der Waals surface area contributed by atoms with Gasteiger partial charge in [0.15, 0.2) is 11.2 Å². The maximum absolute atomic E-state index is 11.8. The van der Waals surface area contributed by atoms with Gasteiger partial charge in [-0.15, -0.1) is 0 Å². The van der Waals surface area contributed by atoms with Crippen LogP contribution in [-0.4, -0.2) is 58.5 Å². The van der Waals surface area contributed by atoms with Crippen LogP contribution in [0.25, 0.3) is 11.2 Å². The van der Waals surface area contributed by atoms with E-state index in [1.807, 2.05) is 27.7 Å². The zero-order valence-electron chi connectivity index (χ0n) is 18.6. The van der Waals surface area contributed by atoms with Gasteiger partial charge in [-0.05, 0) is 12.8 Å². The molecular weight excluding hydrogens is 417 g/mol. The lowest BCUT2D eigenvalue weighted by molar-refractivity contribution is -0.0213. The van der Waals surface area contributed by atoms with Gasteiger partial charge in [-0.2, -0.15) is 4.98 Å². The lowest BCUT2D eigenvalue weighted by atomic mass is 10.2. The predicted octanol–water partition coefficient (Wildman–Crippen LogP) is 2.46. The number of nitrogens with two attached hydrogens (primary N) is 1. The number of aromatic amines is 1. The molecule has 1 saturated heterocycles. The van der Waals surface area contributed by atoms with Crippen LogP contribution >= 0.6 is 7.82 Å². The van der Waals surface area contributed by atoms with Crippen LogP contribution in [0.3, 0.4) is 0 Å². The average Bonchev–Trinajstić information content (AvgIpc) is 3.37. The molecule has 0 aromatic carbocycles. The van der Waals surface area contributed by atoms with Crippen LogP contribution in [0.2, 0.25) is 0 Å². The Labute approximate surface area is 176 Å². The monoisotopic (exact) mass is 451 g/mol. The van der Waals surface area contributed by atoms with Crippen LogP contribution in [-0.2, 0) is 23.1 Å². The van der Waals surface area contributed by atoms with Crippen molar-refractivity contribution >= 4 is 24.9 Å². The summed E-state index contributed by atoms with van der Waals surface area (Å²) in [5.74, 6) is -0.0107. The number of H-pyrrole nitrogens is 1. The van der Waals surface area contributed by atoms with Gasteiger partial charge in [-0.25, -0.2) is 9.55 Å². The normalized spacial score (nSPS) is 19.5. The third-order valence-corrected chi connectivity index (χ3v) is 4.44. The molecule has 0 aliphatic carbocycles. The summed E-state index contributed by atoms with van der Waals surface area (Å²) in [5, 5.41) is 0. The summed E-state index contributed by atoms with van der Waals surface area (Å²) < 4.78 is 32.0. The Morgan fingerprint density at radius 1 is 1.30 bits per heavy atom. The topological polar surface area (TPSA) is 164 Å². The quantitative estimate of drug-likeness (QED) is 0.575. The van der Waals surface area contributed by atoms with E-state index in [2.05, 4.69) is 24.2 Å². The average molecular weight is 451 g/mol. The number of ether oxygens (including phenoxy) is 2. The number of fused-ring (bicyclic) bond motifs is 1. The van der Waals surface area contributed by atoms with E-state index in [1.165, 1.54) is 6.33 Å². The smallest absolute Gasteiger partial charge is 0.388 e. The molecule has 0 saturated carbocycles. The van der Waals surface area contributed by atoms with Crippen LogP contribution in [0.1, 0.15) is 46.8 Å². The summed E-state index contributed by atoms with van der Waals surface area (Å²) in [6, 6.07) is 0. The molecule has 3 atom stereocenters. The number of nitrogens with one attached hydrogen (secondary N) is 1. The number of phosphoric ester groups is 1. The molecule has 2 aromatic rings. The van der Waals surface area contributed by atoms with Crippen molar-refractivity contribution < 1.29 is 28.0 Å². The van der Waals surface area contributed by atoms with Crippen molar-refractivity contribution in [1.29, 1.82) is 0 Å². The highest BCUT2D eigenvalue weighted by Crippen LogP contribution is 2.43. The molecule has 1 aliphatic heterocycles. The van der Waals surface area contributed by atoms with Crippen molar-refractivity contribution in [2.45, 2.75) is 52.9 Å². The molecule has 1 aliphatic rings. The molecule has 4 N–H and O–H groups in total. The molecule has 0 amide bonds. The molecule has 30 heavy (non-hydrogen) atoms. The molecule has 1 fully saturated rings. The third kappa shape index (κ3) is 8.13. The fourth-order valence-corrected chi connectivity index (χ4v) is 2.86. The molecule has 0 bridgehead atoms. The number of rotatable bonds is 5. The van der Waals surface area contributed by atoms with Gasteiger partial charge >= 0.3 is 7.82 Å². The Morgan fingerprint density at radius 3 is 2.47 bits per heavy atom. The van der Waals surface area contributed by atoms with Crippen LogP contribution in [0.4, 0.5) is 5.95 Å². The highest BCUT2D eigenvalue weighted by molar-refractivity contribution is 7.47. The lowest BCUT2D eigenvalue weighted by Crippen LogP contribution is -2.17. The molecule has 174 valence electrons. The molecule has 2 aromatic heterocycles. The van der Waals surface area contributed by atoms with E-state index in [4.69, 9.17) is 15.0 Å². The van der Waals surface area contributed by atoms with E-state index >= 15 is 0 Å². The van der Waals surface area contributed by atoms with Crippen molar-refractivity contribution in [2.75, 3.05) is 33.7 Å². The number of aromatic nitrogens is 4. The molecule has 0 radical (unpaired) electrons. The van der Waals surface area contributed by atoms with Crippen molar-refractivity contribution in [3.63, 3.8) is 0 Å². The Hall–Kier alpha value is -1.82. The van der Waals surface area contributed by atoms with Gasteiger partial charge in [0.25, 0.3) is 5.56 Å². The second-order valence-electron chi connectivity index (χ2n) is 5.42. The van der Waals surface area contributed by atoms with Crippen molar-refractivity contribution in [3.05, 3.63) is 16.7 Å². The highest BCUT2D eigenvalue weighted by Gasteiger charge is 2.31. The Balaban J connectivity index is 0.00000108. The summed E-state index contributed by atoms with van der Waals surface area (Å²) >= 11 is 0. The van der Waals surface area contributed by atoms with Crippen molar-refractivity contribution in [1.82, 2.24) is 19.5 Å². The number of nitrogens with zero attached hydrogens (tertiary/aromatic N) is 3. The third-order valence-electron chi connectivity index (χ3n) is 3.50. The van der Waals surface area contributed by atoms with Crippen molar-refractivity contribution in [2.24, 2.45) is 0 Å². The molecule has 0 spiro atoms. The number of imidazole rings is 1. The lowest BCUT2D eigenvalue weighted by Gasteiger charge is -2.16. The number of hydrogen-bond acceptors (Lipinski definition) is 9. The number of nitrogen functional groups attached to an aromatic ring is 1. The number of methoxy groups -OCH3 is 1. The van der Waals surface area contributed by atoms with Gasteiger partial charge in [-0.3, -0.25) is 23.4 Å². The fourth-order valence-electron chi connectivity index (χ4n) is 2.40. The van der Waals surface area contributed by atoms with Gasteiger partial charge in [0.05, 0.1) is 19.0 Å². The van der Waals surface area contributed by atoms with Gasteiger partial charge in [0, 0.05) is 21.3 Å². The number of phosphoric acid groups is 1. The zero-order chi connectivity index (χ0) is 23.3. The second kappa shape index (κ2) is 14.2. The summed E-state index contributed by atoms with van der Waals surface area (Å²) in [4.78, 5) is 31.4.